The van der Waals surface area contributed by atoms with Crippen LogP contribution in [0, 0.1) is 11.3 Å². The zero-order chi connectivity index (χ0) is 15.9. The molecule has 1 aromatic rings. The van der Waals surface area contributed by atoms with Gasteiger partial charge in [-0.25, -0.2) is 0 Å². The molecule has 2 rings (SSSR count). The van der Waals surface area contributed by atoms with Crippen LogP contribution in [0.3, 0.4) is 0 Å². The zero-order valence-electron chi connectivity index (χ0n) is 12.3. The van der Waals surface area contributed by atoms with Gasteiger partial charge in [-0.2, -0.15) is 5.26 Å². The van der Waals surface area contributed by atoms with Crippen molar-refractivity contribution in [2.24, 2.45) is 0 Å². The fourth-order valence-electron chi connectivity index (χ4n) is 2.23. The molecule has 1 aliphatic heterocycles. The second-order valence-electron chi connectivity index (χ2n) is 4.91. The Balaban J connectivity index is 2.09. The van der Waals surface area contributed by atoms with Crippen LogP contribution < -0.4 is 10.1 Å². The zero-order valence-corrected chi connectivity index (χ0v) is 12.3. The summed E-state index contributed by atoms with van der Waals surface area (Å²) in [6, 6.07) is 6.71. The van der Waals surface area contributed by atoms with Gasteiger partial charge >= 0.3 is 0 Å². The van der Waals surface area contributed by atoms with E-state index in [1.807, 2.05) is 6.07 Å². The number of ether oxygens (including phenoxy) is 2. The molecule has 1 atom stereocenters. The molecule has 0 spiro atoms. The number of nitriles is 1. The van der Waals surface area contributed by atoms with Gasteiger partial charge in [0.25, 0.3) is 5.91 Å². The van der Waals surface area contributed by atoms with E-state index in [0.29, 0.717) is 18.7 Å². The number of carbonyl (C=O) groups is 1. The number of methoxy groups -OCH3 is 1. The average Bonchev–Trinajstić information content (AvgIpc) is 3.05. The van der Waals surface area contributed by atoms with E-state index in [1.54, 1.807) is 18.2 Å². The van der Waals surface area contributed by atoms with Gasteiger partial charge in [0.15, 0.2) is 11.5 Å². The minimum absolute atomic E-state index is 0.00844. The lowest BCUT2D eigenvalue weighted by Crippen LogP contribution is -2.32. The highest BCUT2D eigenvalue weighted by Crippen LogP contribution is 2.30. The summed E-state index contributed by atoms with van der Waals surface area (Å²) in [5.41, 5.74) is 0.268. The fraction of sp³-hybridized carbons (Fsp3) is 0.375. The Kier molecular flexibility index (Phi) is 5.39. The predicted octanol–water partition coefficient (Wildman–Crippen LogP) is 1.60. The maximum atomic E-state index is 12.0. The summed E-state index contributed by atoms with van der Waals surface area (Å²) >= 11 is 0. The second-order valence-corrected chi connectivity index (χ2v) is 4.91. The molecule has 0 aromatic heterocycles. The number of hydrogen-bond acceptors (Lipinski definition) is 5. The van der Waals surface area contributed by atoms with Crippen LogP contribution in [-0.2, 0) is 9.53 Å². The first-order chi connectivity index (χ1) is 10.7. The largest absolute Gasteiger partial charge is 0.504 e. The molecule has 1 aromatic carbocycles. The van der Waals surface area contributed by atoms with E-state index >= 15 is 0 Å². The van der Waals surface area contributed by atoms with Crippen molar-refractivity contribution in [1.82, 2.24) is 5.32 Å². The normalized spacial score (nSPS) is 17.8. The molecule has 0 unspecified atom stereocenters. The standard InChI is InChI=1S/C16H18N2O4/c1-21-14-6-2-4-11(15(14)19)8-12(9-17)16(20)18-10-13-5-3-7-22-13/h2,4,6,8,13,19H,3,5,7,10H2,1H3,(H,18,20)/b12-8+/t13-/m0/s1. The first-order valence-corrected chi connectivity index (χ1v) is 7.03. The number of carbonyl (C=O) groups excluding carboxylic acids is 1. The first kappa shape index (κ1) is 15.9. The molecule has 0 radical (unpaired) electrons. The number of aromatic hydroxyl groups is 1. The quantitative estimate of drug-likeness (QED) is 0.637. The van der Waals surface area contributed by atoms with Gasteiger partial charge < -0.3 is 19.9 Å². The van der Waals surface area contributed by atoms with Gasteiger partial charge in [-0.1, -0.05) is 12.1 Å². The molecular formula is C16H18N2O4. The van der Waals surface area contributed by atoms with E-state index in [2.05, 4.69) is 5.32 Å². The summed E-state index contributed by atoms with van der Waals surface area (Å²) in [5, 5.41) is 21.8. The smallest absolute Gasteiger partial charge is 0.262 e. The van der Waals surface area contributed by atoms with E-state index in [4.69, 9.17) is 14.7 Å². The van der Waals surface area contributed by atoms with Crippen LogP contribution in [0.15, 0.2) is 23.8 Å². The van der Waals surface area contributed by atoms with Crippen molar-refractivity contribution in [2.45, 2.75) is 18.9 Å². The summed E-state index contributed by atoms with van der Waals surface area (Å²) < 4.78 is 10.4. The lowest BCUT2D eigenvalue weighted by molar-refractivity contribution is -0.117. The number of amides is 1. The van der Waals surface area contributed by atoms with Gasteiger partial charge in [0.1, 0.15) is 11.6 Å². The molecular weight excluding hydrogens is 284 g/mol. The Hall–Kier alpha value is -2.52. The Morgan fingerprint density at radius 3 is 3.09 bits per heavy atom. The monoisotopic (exact) mass is 302 g/mol. The summed E-state index contributed by atoms with van der Waals surface area (Å²) in [5.74, 6) is -0.310. The Morgan fingerprint density at radius 1 is 1.64 bits per heavy atom. The highest BCUT2D eigenvalue weighted by molar-refractivity contribution is 6.02. The highest BCUT2D eigenvalue weighted by Gasteiger charge is 2.18. The predicted molar refractivity (Wildman–Crippen MR) is 80.2 cm³/mol. The van der Waals surface area contributed by atoms with Crippen LogP contribution in [0.4, 0.5) is 0 Å². The van der Waals surface area contributed by atoms with Crippen molar-refractivity contribution in [3.8, 4) is 17.6 Å². The Bertz CT molecular complexity index is 613. The molecule has 6 nitrogen and oxygen atoms in total. The van der Waals surface area contributed by atoms with Gasteiger partial charge in [-0.3, -0.25) is 4.79 Å². The number of para-hydroxylation sites is 1. The number of rotatable bonds is 5. The van der Waals surface area contributed by atoms with Crippen LogP contribution in [0.5, 0.6) is 11.5 Å². The molecule has 0 aliphatic carbocycles. The number of phenols is 1. The van der Waals surface area contributed by atoms with E-state index in [-0.39, 0.29) is 23.2 Å². The molecule has 22 heavy (non-hydrogen) atoms. The highest BCUT2D eigenvalue weighted by atomic mass is 16.5. The third-order valence-electron chi connectivity index (χ3n) is 3.43. The van der Waals surface area contributed by atoms with Crippen LogP contribution in [0.1, 0.15) is 18.4 Å². The van der Waals surface area contributed by atoms with E-state index < -0.39 is 5.91 Å². The Morgan fingerprint density at radius 2 is 2.45 bits per heavy atom. The van der Waals surface area contributed by atoms with Crippen LogP contribution >= 0.6 is 0 Å². The average molecular weight is 302 g/mol. The number of nitrogens with one attached hydrogen (secondary N) is 1. The van der Waals surface area contributed by atoms with Crippen molar-refractivity contribution >= 4 is 12.0 Å². The summed E-state index contributed by atoms with van der Waals surface area (Å²) in [7, 11) is 1.43. The molecule has 0 bridgehead atoms. The lowest BCUT2D eigenvalue weighted by Gasteiger charge is -2.10. The maximum absolute atomic E-state index is 12.0. The van der Waals surface area contributed by atoms with Gasteiger partial charge in [-0.05, 0) is 25.0 Å². The van der Waals surface area contributed by atoms with E-state index in [1.165, 1.54) is 13.2 Å². The maximum Gasteiger partial charge on any atom is 0.262 e. The molecule has 116 valence electrons. The van der Waals surface area contributed by atoms with Crippen molar-refractivity contribution in [2.75, 3.05) is 20.3 Å². The molecule has 1 heterocycles. The minimum Gasteiger partial charge on any atom is -0.504 e. The SMILES string of the molecule is COc1cccc(/C=C(\C#N)C(=O)NC[C@@H]2CCCO2)c1O. The van der Waals surface area contributed by atoms with Crippen LogP contribution in [0.25, 0.3) is 6.08 Å². The lowest BCUT2D eigenvalue weighted by atomic mass is 10.1. The molecule has 1 amide bonds. The van der Waals surface area contributed by atoms with Crippen molar-refractivity contribution in [3.05, 3.63) is 29.3 Å². The number of phenolic OH excluding ortho intramolecular Hbond substituents is 1. The molecule has 1 saturated heterocycles. The molecule has 0 saturated carbocycles. The topological polar surface area (TPSA) is 91.6 Å². The third kappa shape index (κ3) is 3.77. The van der Waals surface area contributed by atoms with E-state index in [0.717, 1.165) is 12.8 Å². The minimum atomic E-state index is -0.486. The summed E-state index contributed by atoms with van der Waals surface area (Å²) in [6.07, 6.45) is 3.24. The van der Waals surface area contributed by atoms with Crippen molar-refractivity contribution in [1.29, 1.82) is 5.26 Å². The second kappa shape index (κ2) is 7.48. The van der Waals surface area contributed by atoms with Crippen LogP contribution in [0.2, 0.25) is 0 Å². The molecule has 6 heteroatoms. The third-order valence-corrected chi connectivity index (χ3v) is 3.43. The number of nitrogens with zero attached hydrogens (tertiary/aromatic N) is 1. The van der Waals surface area contributed by atoms with Gasteiger partial charge in [0.2, 0.25) is 0 Å². The van der Waals surface area contributed by atoms with Crippen molar-refractivity contribution in [3.63, 3.8) is 0 Å². The fourth-order valence-corrected chi connectivity index (χ4v) is 2.23. The Labute approximate surface area is 129 Å². The van der Waals surface area contributed by atoms with Gasteiger partial charge in [-0.15, -0.1) is 0 Å². The number of benzene rings is 1. The van der Waals surface area contributed by atoms with Gasteiger partial charge in [0.05, 0.1) is 13.2 Å². The van der Waals surface area contributed by atoms with Crippen LogP contribution in [-0.4, -0.2) is 37.4 Å². The molecule has 2 N–H and O–H groups in total. The summed E-state index contributed by atoms with van der Waals surface area (Å²) in [4.78, 5) is 12.0. The van der Waals surface area contributed by atoms with E-state index in [9.17, 15) is 9.90 Å². The first-order valence-electron chi connectivity index (χ1n) is 7.03. The number of hydrogen-bond donors (Lipinski definition) is 2. The van der Waals surface area contributed by atoms with Crippen molar-refractivity contribution < 1.29 is 19.4 Å². The molecule has 1 aliphatic rings. The summed E-state index contributed by atoms with van der Waals surface area (Å²) in [6.45, 7) is 1.08. The molecule has 1 fully saturated rings. The van der Waals surface area contributed by atoms with Gasteiger partial charge in [0, 0.05) is 18.7 Å².